The van der Waals surface area contributed by atoms with E-state index in [-0.39, 0.29) is 54.6 Å². The number of pyridine rings is 1. The van der Waals surface area contributed by atoms with E-state index in [1.165, 1.54) is 19.1 Å². The number of rotatable bonds is 7. The maximum Gasteiger partial charge on any atom is 0.416 e. The van der Waals surface area contributed by atoms with E-state index < -0.39 is 76.6 Å². The second-order valence-corrected chi connectivity index (χ2v) is 14.1. The second kappa shape index (κ2) is 14.3. The van der Waals surface area contributed by atoms with Gasteiger partial charge < -0.3 is 19.9 Å². The van der Waals surface area contributed by atoms with Crippen molar-refractivity contribution in [2.45, 2.75) is 57.0 Å². The first-order valence-electron chi connectivity index (χ1n) is 17.3. The number of carboxylic acids is 1. The van der Waals surface area contributed by atoms with Crippen molar-refractivity contribution in [1.82, 2.24) is 14.8 Å². The summed E-state index contributed by atoms with van der Waals surface area (Å²) in [5, 5.41) is 12.4. The molecule has 4 heterocycles. The molecule has 284 valence electrons. The van der Waals surface area contributed by atoms with Gasteiger partial charge >= 0.3 is 12.1 Å². The molecule has 2 atom stereocenters. The van der Waals surface area contributed by atoms with Crippen LogP contribution in [0, 0.1) is 25.5 Å². The second-order valence-electron chi connectivity index (χ2n) is 14.1. The number of ether oxygens (including phenoxy) is 2. The van der Waals surface area contributed by atoms with Crippen molar-refractivity contribution in [3.05, 3.63) is 116 Å². The van der Waals surface area contributed by atoms with E-state index in [1.54, 1.807) is 17.0 Å². The summed E-state index contributed by atoms with van der Waals surface area (Å²) in [6, 6.07) is 6.75. The van der Waals surface area contributed by atoms with Crippen LogP contribution in [-0.2, 0) is 26.9 Å². The first kappa shape index (κ1) is 37.2. The zero-order valence-corrected chi connectivity index (χ0v) is 29.1. The topological polar surface area (TPSA) is 110 Å². The van der Waals surface area contributed by atoms with Gasteiger partial charge in [0.25, 0.3) is 5.56 Å². The van der Waals surface area contributed by atoms with E-state index in [1.807, 2.05) is 13.0 Å². The van der Waals surface area contributed by atoms with Gasteiger partial charge in [-0.3, -0.25) is 23.9 Å². The van der Waals surface area contributed by atoms with Crippen LogP contribution in [0.4, 0.5) is 26.3 Å². The molecule has 0 saturated carbocycles. The van der Waals surface area contributed by atoms with E-state index >= 15 is 8.78 Å². The first-order valence-corrected chi connectivity index (χ1v) is 17.3. The van der Waals surface area contributed by atoms with Crippen molar-refractivity contribution in [2.75, 3.05) is 32.8 Å². The molecule has 0 radical (unpaired) electrons. The zero-order chi connectivity index (χ0) is 38.6. The summed E-state index contributed by atoms with van der Waals surface area (Å²) in [7, 11) is 0. The van der Waals surface area contributed by atoms with Gasteiger partial charge in [0.2, 0.25) is 5.91 Å². The number of nitrogens with one attached hydrogen (secondary N) is 1. The molecule has 7 rings (SSSR count). The number of hydrogen-bond donors (Lipinski definition) is 2. The van der Waals surface area contributed by atoms with Crippen LogP contribution in [-0.4, -0.2) is 65.5 Å². The summed E-state index contributed by atoms with van der Waals surface area (Å²) in [6.07, 6.45) is -6.44. The number of benzene rings is 3. The van der Waals surface area contributed by atoms with Gasteiger partial charge in [-0.05, 0) is 84.5 Å². The SMILES string of the molecule is Cc1cc2cc(c1F)[C@@H](CC(=O)O)NC(=O)[C@@H](n1cc(CCN3CC(F)C3)c(C(F)(F)F)cc1=O)c1cc(ccc1F)Oc1cc(C3COC3)cc(C)c1-2. The Labute approximate surface area is 305 Å². The molecule has 1 aromatic heterocycles. The molecule has 54 heavy (non-hydrogen) atoms. The van der Waals surface area contributed by atoms with E-state index in [0.29, 0.717) is 40.5 Å². The molecule has 4 bridgehead atoms. The number of halogens is 6. The number of aromatic nitrogens is 1. The van der Waals surface area contributed by atoms with Gasteiger partial charge in [-0.15, -0.1) is 0 Å². The lowest BCUT2D eigenvalue weighted by atomic mass is 9.88. The van der Waals surface area contributed by atoms with Crippen LogP contribution < -0.4 is 15.6 Å². The number of carbonyl (C=O) groups is 2. The fourth-order valence-corrected chi connectivity index (χ4v) is 7.32. The Bertz CT molecular complexity index is 2210. The Balaban J connectivity index is 1.45. The molecule has 4 aromatic rings. The fraction of sp³-hybridized carbons (Fsp3) is 0.359. The zero-order valence-electron chi connectivity index (χ0n) is 29.1. The number of likely N-dealkylation sites (tertiary alicyclic amines) is 1. The van der Waals surface area contributed by atoms with Crippen LogP contribution in [0.3, 0.4) is 0 Å². The van der Waals surface area contributed by atoms with Crippen LogP contribution in [0.5, 0.6) is 11.5 Å². The number of aliphatic carboxylic acids is 1. The van der Waals surface area contributed by atoms with E-state index in [2.05, 4.69) is 5.32 Å². The van der Waals surface area contributed by atoms with Gasteiger partial charge in [-0.2, -0.15) is 13.2 Å². The number of amides is 1. The molecule has 2 fully saturated rings. The maximum atomic E-state index is 16.1. The predicted octanol–water partition coefficient (Wildman–Crippen LogP) is 6.77. The Morgan fingerprint density at radius 3 is 2.37 bits per heavy atom. The predicted molar refractivity (Wildman–Crippen MR) is 183 cm³/mol. The smallest absolute Gasteiger partial charge is 0.416 e. The Morgan fingerprint density at radius 1 is 0.981 bits per heavy atom. The van der Waals surface area contributed by atoms with E-state index in [9.17, 15) is 37.1 Å². The first-order chi connectivity index (χ1) is 25.6. The third kappa shape index (κ3) is 7.21. The number of carbonyl (C=O) groups excluding carboxylic acids is 1. The highest BCUT2D eigenvalue weighted by atomic mass is 19.4. The van der Waals surface area contributed by atoms with Gasteiger partial charge in [0.15, 0.2) is 0 Å². The lowest BCUT2D eigenvalue weighted by molar-refractivity contribution is -0.139. The number of alkyl halides is 4. The molecule has 0 spiro atoms. The van der Waals surface area contributed by atoms with Crippen molar-refractivity contribution in [3.8, 4) is 22.6 Å². The van der Waals surface area contributed by atoms with Crippen LogP contribution in [0.15, 0.2) is 59.5 Å². The highest BCUT2D eigenvalue weighted by Gasteiger charge is 2.38. The summed E-state index contributed by atoms with van der Waals surface area (Å²) < 4.78 is 101. The Morgan fingerprint density at radius 2 is 1.72 bits per heavy atom. The quantitative estimate of drug-likeness (QED) is 0.201. The summed E-state index contributed by atoms with van der Waals surface area (Å²) in [5.41, 5.74) is -1.10. The molecule has 0 unspecified atom stereocenters. The molecular formula is C39H35F6N3O6. The minimum Gasteiger partial charge on any atom is -0.481 e. The fourth-order valence-electron chi connectivity index (χ4n) is 7.32. The largest absolute Gasteiger partial charge is 0.481 e. The number of aryl methyl sites for hydroxylation is 2. The van der Waals surface area contributed by atoms with E-state index in [0.717, 1.165) is 23.9 Å². The third-order valence-corrected chi connectivity index (χ3v) is 10.2. The molecular weight excluding hydrogens is 720 g/mol. The third-order valence-electron chi connectivity index (χ3n) is 10.2. The molecule has 3 aliphatic rings. The number of carboxylic acid groups (broad SMARTS) is 1. The van der Waals surface area contributed by atoms with Crippen molar-refractivity contribution in [1.29, 1.82) is 0 Å². The summed E-state index contributed by atoms with van der Waals surface area (Å²) in [5.74, 6) is -4.17. The molecule has 3 aromatic carbocycles. The molecule has 0 aliphatic carbocycles. The standard InChI is InChI=1S/C39H35F6N3O6/c1-19-7-22(24-17-53-18-24)10-32-35(19)23-8-20(2)36(42)28(9-23)31(13-34(50)51)46-38(52)37(27-11-26(54-32)3-4-30(27)41)48-14-21(5-6-47-15-25(40)16-47)29(12-33(48)49)39(43,44)45/h3-4,7-12,14,24-25,31,37H,5-6,13,15-18H2,1-2H3,(H,46,52)(H,50,51)/t31-,37+/m1/s1. The van der Waals surface area contributed by atoms with Gasteiger partial charge in [0.1, 0.15) is 35.3 Å². The van der Waals surface area contributed by atoms with Crippen molar-refractivity contribution >= 4 is 11.9 Å². The lowest BCUT2D eigenvalue weighted by Crippen LogP contribution is -2.49. The highest BCUT2D eigenvalue weighted by Crippen LogP contribution is 2.43. The van der Waals surface area contributed by atoms with Crippen LogP contribution in [0.2, 0.25) is 0 Å². The Kier molecular flexibility index (Phi) is 9.81. The van der Waals surface area contributed by atoms with Gasteiger partial charge in [-0.25, -0.2) is 13.2 Å². The molecule has 3 aliphatic heterocycles. The molecule has 2 saturated heterocycles. The van der Waals surface area contributed by atoms with E-state index in [4.69, 9.17) is 9.47 Å². The number of hydrogen-bond acceptors (Lipinski definition) is 6. The molecule has 1 amide bonds. The van der Waals surface area contributed by atoms with Gasteiger partial charge in [0.05, 0.1) is 31.2 Å². The van der Waals surface area contributed by atoms with Crippen LogP contribution >= 0.6 is 0 Å². The average Bonchev–Trinajstić information content (AvgIpc) is 3.04. The summed E-state index contributed by atoms with van der Waals surface area (Å²) in [4.78, 5) is 41.8. The molecule has 9 nitrogen and oxygen atoms in total. The number of nitrogens with zero attached hydrogens (tertiary/aromatic N) is 2. The number of fused-ring (bicyclic) bond motifs is 6. The Hall–Kier alpha value is -5.15. The van der Waals surface area contributed by atoms with Crippen molar-refractivity contribution in [2.24, 2.45) is 0 Å². The lowest BCUT2D eigenvalue weighted by Gasteiger charge is -2.34. The van der Waals surface area contributed by atoms with Crippen LogP contribution in [0.25, 0.3) is 11.1 Å². The van der Waals surface area contributed by atoms with Gasteiger partial charge in [0, 0.05) is 54.5 Å². The monoisotopic (exact) mass is 755 g/mol. The average molecular weight is 756 g/mol. The highest BCUT2D eigenvalue weighted by molar-refractivity contribution is 5.85. The van der Waals surface area contributed by atoms with Gasteiger partial charge in [-0.1, -0.05) is 6.07 Å². The molecule has 15 heteroatoms. The van der Waals surface area contributed by atoms with Crippen LogP contribution in [0.1, 0.15) is 63.4 Å². The van der Waals surface area contributed by atoms with Crippen molar-refractivity contribution < 1.29 is 50.5 Å². The summed E-state index contributed by atoms with van der Waals surface area (Å²) >= 11 is 0. The normalized spacial score (nSPS) is 19.3. The summed E-state index contributed by atoms with van der Waals surface area (Å²) in [6.45, 7) is 4.24. The maximum absolute atomic E-state index is 16.1. The minimum atomic E-state index is -4.99. The van der Waals surface area contributed by atoms with Crippen molar-refractivity contribution in [3.63, 3.8) is 0 Å². The minimum absolute atomic E-state index is 0.000294. The molecule has 2 N–H and O–H groups in total.